The lowest BCUT2D eigenvalue weighted by atomic mass is 9.98. The number of esters is 1. The van der Waals surface area contributed by atoms with Gasteiger partial charge in [0, 0.05) is 17.5 Å². The van der Waals surface area contributed by atoms with E-state index in [1.165, 1.54) is 19.2 Å². The third-order valence-corrected chi connectivity index (χ3v) is 6.96. The summed E-state index contributed by atoms with van der Waals surface area (Å²) < 4.78 is 33.4. The van der Waals surface area contributed by atoms with Crippen LogP contribution in [-0.4, -0.2) is 21.5 Å². The van der Waals surface area contributed by atoms with E-state index >= 15 is 0 Å². The van der Waals surface area contributed by atoms with Gasteiger partial charge in [0.15, 0.2) is 0 Å². The van der Waals surface area contributed by atoms with Gasteiger partial charge in [0.1, 0.15) is 0 Å². The van der Waals surface area contributed by atoms with Gasteiger partial charge in [0.2, 0.25) is 10.0 Å². The molecule has 0 heterocycles. The van der Waals surface area contributed by atoms with E-state index in [1.807, 2.05) is 24.3 Å². The Kier molecular flexibility index (Phi) is 10.5. The number of benzene rings is 2. The minimum Gasteiger partial charge on any atom is -0.469 e. The predicted octanol–water partition coefficient (Wildman–Crippen LogP) is 5.83. The Hall–Kier alpha value is -1.89. The maximum atomic E-state index is 12.9. The SMILES string of the molecule is CCCCCCC(NS(=O)(=O)c1ccc(Cl)cc1)c1ccc(CCCC(=O)OC)cc1. The van der Waals surface area contributed by atoms with Crippen molar-refractivity contribution in [2.75, 3.05) is 7.11 Å². The molecule has 5 nitrogen and oxygen atoms in total. The number of unbranched alkanes of at least 4 members (excludes halogenated alkanes) is 3. The normalized spacial score (nSPS) is 12.5. The first-order valence-electron chi connectivity index (χ1n) is 10.8. The number of halogens is 1. The number of aryl methyl sites for hydroxylation is 1. The Morgan fingerprint density at radius 3 is 2.29 bits per heavy atom. The Morgan fingerprint density at radius 2 is 1.68 bits per heavy atom. The van der Waals surface area contributed by atoms with E-state index in [4.69, 9.17) is 11.6 Å². The van der Waals surface area contributed by atoms with Crippen molar-refractivity contribution < 1.29 is 17.9 Å². The van der Waals surface area contributed by atoms with Crippen molar-refractivity contribution in [3.8, 4) is 0 Å². The monoisotopic (exact) mass is 465 g/mol. The molecule has 1 unspecified atom stereocenters. The van der Waals surface area contributed by atoms with E-state index in [-0.39, 0.29) is 16.9 Å². The Labute approximate surface area is 191 Å². The van der Waals surface area contributed by atoms with Crippen LogP contribution in [-0.2, 0) is 26.0 Å². The molecule has 0 radical (unpaired) electrons. The number of carbonyl (C=O) groups is 1. The topological polar surface area (TPSA) is 72.5 Å². The third kappa shape index (κ3) is 8.63. The van der Waals surface area contributed by atoms with Gasteiger partial charge in [-0.05, 0) is 54.7 Å². The highest BCUT2D eigenvalue weighted by Gasteiger charge is 2.21. The number of rotatable bonds is 13. The minimum atomic E-state index is -3.66. The molecule has 0 saturated carbocycles. The molecular weight excluding hydrogens is 434 g/mol. The number of carbonyl (C=O) groups excluding carboxylic acids is 1. The van der Waals surface area contributed by atoms with Gasteiger partial charge < -0.3 is 4.74 Å². The van der Waals surface area contributed by atoms with Gasteiger partial charge in [-0.3, -0.25) is 4.79 Å². The standard InChI is InChI=1S/C24H32ClNO4S/c1-3-4-5-6-9-23(26-31(28,29)22-17-15-21(25)16-18-22)20-13-11-19(12-14-20)8-7-10-24(27)30-2/h11-18,23,26H,3-10H2,1-2H3. The molecule has 0 amide bonds. The molecule has 170 valence electrons. The fourth-order valence-electron chi connectivity index (χ4n) is 3.39. The van der Waals surface area contributed by atoms with Gasteiger partial charge >= 0.3 is 5.97 Å². The Balaban J connectivity index is 2.11. The summed E-state index contributed by atoms with van der Waals surface area (Å²) in [7, 11) is -2.27. The van der Waals surface area contributed by atoms with Crippen molar-refractivity contribution in [3.63, 3.8) is 0 Å². The van der Waals surface area contributed by atoms with Crippen molar-refractivity contribution in [2.45, 2.75) is 69.2 Å². The second-order valence-electron chi connectivity index (χ2n) is 7.65. The molecule has 2 rings (SSSR count). The van der Waals surface area contributed by atoms with Gasteiger partial charge in [-0.2, -0.15) is 0 Å². The predicted molar refractivity (Wildman–Crippen MR) is 125 cm³/mol. The van der Waals surface area contributed by atoms with Gasteiger partial charge in [-0.15, -0.1) is 0 Å². The van der Waals surface area contributed by atoms with Crippen molar-refractivity contribution in [2.24, 2.45) is 0 Å². The van der Waals surface area contributed by atoms with Crippen molar-refractivity contribution in [3.05, 3.63) is 64.7 Å². The maximum absolute atomic E-state index is 12.9. The van der Waals surface area contributed by atoms with Crippen LogP contribution in [0.2, 0.25) is 5.02 Å². The average molecular weight is 466 g/mol. The smallest absolute Gasteiger partial charge is 0.305 e. The van der Waals surface area contributed by atoms with Crippen LogP contribution in [0.25, 0.3) is 0 Å². The molecule has 0 fully saturated rings. The molecule has 31 heavy (non-hydrogen) atoms. The van der Waals surface area contributed by atoms with E-state index in [9.17, 15) is 13.2 Å². The van der Waals surface area contributed by atoms with Gasteiger partial charge in [0.25, 0.3) is 0 Å². The molecule has 0 aliphatic heterocycles. The van der Waals surface area contributed by atoms with Crippen LogP contribution in [0.4, 0.5) is 0 Å². The molecule has 7 heteroatoms. The van der Waals surface area contributed by atoms with Crippen LogP contribution >= 0.6 is 11.6 Å². The summed E-state index contributed by atoms with van der Waals surface area (Å²) in [5.41, 5.74) is 2.05. The molecular formula is C24H32ClNO4S. The second kappa shape index (κ2) is 12.8. The highest BCUT2D eigenvalue weighted by molar-refractivity contribution is 7.89. The summed E-state index contributed by atoms with van der Waals surface area (Å²) in [6.07, 6.45) is 6.89. The summed E-state index contributed by atoms with van der Waals surface area (Å²) in [6, 6.07) is 13.8. The molecule has 1 atom stereocenters. The quantitative estimate of drug-likeness (QED) is 0.298. The molecule has 1 N–H and O–H groups in total. The molecule has 0 aromatic heterocycles. The number of methoxy groups -OCH3 is 1. The minimum absolute atomic E-state index is 0.204. The number of sulfonamides is 1. The summed E-state index contributed by atoms with van der Waals surface area (Å²) in [6.45, 7) is 2.15. The van der Waals surface area contributed by atoms with Crippen LogP contribution in [0.15, 0.2) is 53.4 Å². The lowest BCUT2D eigenvalue weighted by Crippen LogP contribution is -2.28. The molecule has 0 aliphatic carbocycles. The molecule has 0 spiro atoms. The number of ether oxygens (including phenoxy) is 1. The first-order valence-corrected chi connectivity index (χ1v) is 12.7. The van der Waals surface area contributed by atoms with Crippen molar-refractivity contribution in [1.29, 1.82) is 0 Å². The second-order valence-corrected chi connectivity index (χ2v) is 9.80. The zero-order valence-corrected chi connectivity index (χ0v) is 19.8. The van der Waals surface area contributed by atoms with Crippen LogP contribution in [0, 0.1) is 0 Å². The van der Waals surface area contributed by atoms with E-state index in [0.29, 0.717) is 11.4 Å². The zero-order valence-electron chi connectivity index (χ0n) is 18.3. The van der Waals surface area contributed by atoms with Crippen molar-refractivity contribution in [1.82, 2.24) is 4.72 Å². The lowest BCUT2D eigenvalue weighted by molar-refractivity contribution is -0.140. The number of hydrogen-bond donors (Lipinski definition) is 1. The molecule has 0 bridgehead atoms. The summed E-state index contributed by atoms with van der Waals surface area (Å²) >= 11 is 5.90. The fourth-order valence-corrected chi connectivity index (χ4v) is 4.78. The highest BCUT2D eigenvalue weighted by atomic mass is 35.5. The van der Waals surface area contributed by atoms with Crippen molar-refractivity contribution >= 4 is 27.6 Å². The molecule has 2 aromatic carbocycles. The van der Waals surface area contributed by atoms with E-state index < -0.39 is 10.0 Å². The van der Waals surface area contributed by atoms with Crippen LogP contribution in [0.3, 0.4) is 0 Å². The van der Waals surface area contributed by atoms with Crippen LogP contribution in [0.5, 0.6) is 0 Å². The largest absolute Gasteiger partial charge is 0.469 e. The fraction of sp³-hybridized carbons (Fsp3) is 0.458. The Bertz CT molecular complexity index is 912. The summed E-state index contributed by atoms with van der Waals surface area (Å²) in [5.74, 6) is -0.208. The number of hydrogen-bond acceptors (Lipinski definition) is 4. The van der Waals surface area contributed by atoms with Crippen LogP contribution in [0.1, 0.15) is 69.0 Å². The maximum Gasteiger partial charge on any atom is 0.305 e. The van der Waals surface area contributed by atoms with Crippen LogP contribution < -0.4 is 4.72 Å². The number of nitrogens with one attached hydrogen (secondary N) is 1. The van der Waals surface area contributed by atoms with Gasteiger partial charge in [-0.1, -0.05) is 68.5 Å². The van der Waals surface area contributed by atoms with E-state index in [0.717, 1.165) is 56.1 Å². The van der Waals surface area contributed by atoms with E-state index in [1.54, 1.807) is 12.1 Å². The third-order valence-electron chi connectivity index (χ3n) is 5.22. The molecule has 0 saturated heterocycles. The van der Waals surface area contributed by atoms with E-state index in [2.05, 4.69) is 16.4 Å². The Morgan fingerprint density at radius 1 is 1.00 bits per heavy atom. The molecule has 2 aromatic rings. The highest BCUT2D eigenvalue weighted by Crippen LogP contribution is 2.24. The average Bonchev–Trinajstić information content (AvgIpc) is 2.76. The summed E-state index contributed by atoms with van der Waals surface area (Å²) in [5, 5.41) is 0.498. The lowest BCUT2D eigenvalue weighted by Gasteiger charge is -2.20. The molecule has 0 aliphatic rings. The van der Waals surface area contributed by atoms with Gasteiger partial charge in [-0.25, -0.2) is 13.1 Å². The summed E-state index contributed by atoms with van der Waals surface area (Å²) in [4.78, 5) is 11.5. The first kappa shape index (κ1) is 25.4. The zero-order chi connectivity index (χ0) is 22.7. The first-order chi connectivity index (χ1) is 14.9. The van der Waals surface area contributed by atoms with Gasteiger partial charge in [0.05, 0.1) is 12.0 Å².